The zero-order valence-electron chi connectivity index (χ0n) is 17.1. The summed E-state index contributed by atoms with van der Waals surface area (Å²) in [7, 11) is 0. The Labute approximate surface area is 180 Å². The van der Waals surface area contributed by atoms with Crippen molar-refractivity contribution in [1.29, 1.82) is 0 Å². The number of Topliss-reactive ketones (excluding diaryl/α,β-unsaturated/α-hetero) is 1. The second-order valence-electron chi connectivity index (χ2n) is 6.72. The van der Waals surface area contributed by atoms with Crippen LogP contribution in [0.5, 0.6) is 0 Å². The van der Waals surface area contributed by atoms with Crippen molar-refractivity contribution < 1.29 is 23.9 Å². The van der Waals surface area contributed by atoms with Crippen molar-refractivity contribution in [3.8, 4) is 0 Å². The Morgan fingerprint density at radius 3 is 1.90 bits per heavy atom. The Morgan fingerprint density at radius 2 is 1.32 bits per heavy atom. The number of esters is 1. The van der Waals surface area contributed by atoms with Crippen LogP contribution in [0.25, 0.3) is 0 Å². The predicted octanol–water partition coefficient (Wildman–Crippen LogP) is 4.25. The third-order valence-electron chi connectivity index (χ3n) is 4.67. The Kier molecular flexibility index (Phi) is 7.17. The van der Waals surface area contributed by atoms with Crippen molar-refractivity contribution in [2.24, 2.45) is 0 Å². The first kappa shape index (κ1) is 21.8. The summed E-state index contributed by atoms with van der Waals surface area (Å²) >= 11 is 0. The van der Waals surface area contributed by atoms with E-state index in [-0.39, 0.29) is 24.3 Å². The summed E-state index contributed by atoms with van der Waals surface area (Å²) in [6.45, 7) is 1.66. The second-order valence-corrected chi connectivity index (χ2v) is 6.72. The quantitative estimate of drug-likeness (QED) is 0.337. The molecule has 6 nitrogen and oxygen atoms in total. The number of benzene rings is 3. The van der Waals surface area contributed by atoms with Crippen molar-refractivity contribution in [3.05, 3.63) is 108 Å². The fourth-order valence-corrected chi connectivity index (χ4v) is 3.17. The molecule has 1 N–H and O–H groups in total. The number of carbonyl (C=O) groups is 3. The Bertz CT molecular complexity index is 1020. The first-order valence-corrected chi connectivity index (χ1v) is 9.89. The summed E-state index contributed by atoms with van der Waals surface area (Å²) in [6.07, 6.45) is -0.912. The highest BCUT2D eigenvalue weighted by molar-refractivity contribution is 6.18. The van der Waals surface area contributed by atoms with Crippen LogP contribution in [-0.2, 0) is 26.4 Å². The molecule has 6 heteroatoms. The summed E-state index contributed by atoms with van der Waals surface area (Å²) in [5, 5.41) is 2.51. The summed E-state index contributed by atoms with van der Waals surface area (Å²) in [5.74, 6) is -1.50. The molecule has 0 aliphatic rings. The molecule has 0 spiro atoms. The van der Waals surface area contributed by atoms with Gasteiger partial charge in [0, 0.05) is 5.56 Å². The Hall–Kier alpha value is -3.93. The summed E-state index contributed by atoms with van der Waals surface area (Å²) in [4.78, 5) is 39.6. The molecule has 1 atom stereocenters. The standard InChI is InChI=1S/C25H23NO5/c1-2-30-23(28)25(21-16-10-5-11-17-21,22(27)20-14-8-4-9-15-20)26-24(29)31-18-19-12-6-3-7-13-19/h3-17H,2,18H2,1H3,(H,26,29). The highest BCUT2D eigenvalue weighted by Crippen LogP contribution is 2.28. The lowest BCUT2D eigenvalue weighted by Gasteiger charge is -2.31. The number of rotatable bonds is 8. The van der Waals surface area contributed by atoms with E-state index in [1.54, 1.807) is 79.7 Å². The molecule has 1 unspecified atom stereocenters. The molecule has 3 rings (SSSR count). The Morgan fingerprint density at radius 1 is 0.774 bits per heavy atom. The van der Waals surface area contributed by atoms with E-state index < -0.39 is 23.4 Å². The van der Waals surface area contributed by atoms with Gasteiger partial charge in [-0.05, 0) is 18.1 Å². The predicted molar refractivity (Wildman–Crippen MR) is 115 cm³/mol. The van der Waals surface area contributed by atoms with E-state index in [0.29, 0.717) is 0 Å². The van der Waals surface area contributed by atoms with Gasteiger partial charge in [0.15, 0.2) is 0 Å². The zero-order valence-corrected chi connectivity index (χ0v) is 17.1. The molecular weight excluding hydrogens is 394 g/mol. The largest absolute Gasteiger partial charge is 0.464 e. The first-order valence-electron chi connectivity index (χ1n) is 9.89. The molecule has 3 aromatic carbocycles. The van der Waals surface area contributed by atoms with Gasteiger partial charge in [-0.25, -0.2) is 9.59 Å². The van der Waals surface area contributed by atoms with Crippen molar-refractivity contribution in [2.75, 3.05) is 6.61 Å². The van der Waals surface area contributed by atoms with Gasteiger partial charge in [-0.15, -0.1) is 0 Å². The van der Waals surface area contributed by atoms with Gasteiger partial charge in [0.25, 0.3) is 0 Å². The molecule has 0 aliphatic heterocycles. The fraction of sp³-hybridized carbons (Fsp3) is 0.160. The molecule has 0 aliphatic carbocycles. The van der Waals surface area contributed by atoms with Crippen LogP contribution in [0.15, 0.2) is 91.0 Å². The van der Waals surface area contributed by atoms with Crippen LogP contribution in [0, 0.1) is 0 Å². The van der Waals surface area contributed by atoms with Crippen molar-refractivity contribution >= 4 is 17.8 Å². The maximum absolute atomic E-state index is 13.6. The van der Waals surface area contributed by atoms with E-state index in [2.05, 4.69) is 5.32 Å². The molecule has 3 aromatic rings. The molecule has 0 saturated carbocycles. The van der Waals surface area contributed by atoms with Gasteiger partial charge in [-0.1, -0.05) is 91.0 Å². The van der Waals surface area contributed by atoms with Gasteiger partial charge < -0.3 is 9.47 Å². The summed E-state index contributed by atoms with van der Waals surface area (Å²) < 4.78 is 10.5. The van der Waals surface area contributed by atoms with E-state index in [9.17, 15) is 14.4 Å². The lowest BCUT2D eigenvalue weighted by atomic mass is 9.82. The number of amides is 1. The number of carbonyl (C=O) groups excluding carboxylic acids is 3. The molecule has 0 fully saturated rings. The van der Waals surface area contributed by atoms with Crippen LogP contribution in [0.4, 0.5) is 4.79 Å². The number of hydrogen-bond acceptors (Lipinski definition) is 5. The van der Waals surface area contributed by atoms with Crippen molar-refractivity contribution in [2.45, 2.75) is 19.1 Å². The molecular formula is C25H23NO5. The van der Waals surface area contributed by atoms with E-state index >= 15 is 0 Å². The average molecular weight is 417 g/mol. The van der Waals surface area contributed by atoms with E-state index in [1.807, 2.05) is 18.2 Å². The summed E-state index contributed by atoms with van der Waals surface area (Å²) in [5.41, 5.74) is -0.790. The lowest BCUT2D eigenvalue weighted by Crippen LogP contribution is -2.58. The number of nitrogens with one attached hydrogen (secondary N) is 1. The number of ether oxygens (including phenoxy) is 2. The third-order valence-corrected chi connectivity index (χ3v) is 4.67. The van der Waals surface area contributed by atoms with Gasteiger partial charge in [0.2, 0.25) is 11.3 Å². The molecule has 31 heavy (non-hydrogen) atoms. The first-order chi connectivity index (χ1) is 15.1. The van der Waals surface area contributed by atoms with Crippen LogP contribution >= 0.6 is 0 Å². The lowest BCUT2D eigenvalue weighted by molar-refractivity contribution is -0.149. The second kappa shape index (κ2) is 10.2. The highest BCUT2D eigenvalue weighted by Gasteiger charge is 2.51. The normalized spacial score (nSPS) is 12.3. The molecule has 0 heterocycles. The molecule has 1 amide bonds. The fourth-order valence-electron chi connectivity index (χ4n) is 3.17. The number of hydrogen-bond donors (Lipinski definition) is 1. The topological polar surface area (TPSA) is 81.7 Å². The zero-order chi connectivity index (χ0) is 22.1. The minimum atomic E-state index is -2.09. The molecule has 0 bridgehead atoms. The maximum Gasteiger partial charge on any atom is 0.409 e. The molecule has 0 radical (unpaired) electrons. The average Bonchev–Trinajstić information content (AvgIpc) is 2.82. The maximum atomic E-state index is 13.6. The molecule has 158 valence electrons. The van der Waals surface area contributed by atoms with Crippen LogP contribution in [0.1, 0.15) is 28.4 Å². The van der Waals surface area contributed by atoms with Crippen molar-refractivity contribution in [3.63, 3.8) is 0 Å². The van der Waals surface area contributed by atoms with Crippen LogP contribution in [-0.4, -0.2) is 24.5 Å². The minimum absolute atomic E-state index is 0.0140. The molecule has 0 saturated heterocycles. The summed E-state index contributed by atoms with van der Waals surface area (Å²) in [6, 6.07) is 25.7. The Balaban J connectivity index is 2.00. The number of ketones is 1. The van der Waals surface area contributed by atoms with Gasteiger partial charge in [-0.2, -0.15) is 0 Å². The third kappa shape index (κ3) is 4.98. The van der Waals surface area contributed by atoms with Crippen LogP contribution in [0.2, 0.25) is 0 Å². The van der Waals surface area contributed by atoms with Gasteiger partial charge in [0.05, 0.1) is 6.61 Å². The van der Waals surface area contributed by atoms with Crippen LogP contribution in [0.3, 0.4) is 0 Å². The van der Waals surface area contributed by atoms with Crippen LogP contribution < -0.4 is 5.32 Å². The van der Waals surface area contributed by atoms with E-state index in [1.165, 1.54) is 0 Å². The number of alkyl carbamates (subject to hydrolysis) is 1. The monoisotopic (exact) mass is 417 g/mol. The van der Waals surface area contributed by atoms with E-state index in [0.717, 1.165) is 5.56 Å². The SMILES string of the molecule is CCOC(=O)C(NC(=O)OCc1ccccc1)(C(=O)c1ccccc1)c1ccccc1. The highest BCUT2D eigenvalue weighted by atomic mass is 16.6. The van der Waals surface area contributed by atoms with Crippen molar-refractivity contribution in [1.82, 2.24) is 5.32 Å². The minimum Gasteiger partial charge on any atom is -0.464 e. The smallest absolute Gasteiger partial charge is 0.409 e. The molecule has 0 aromatic heterocycles. The van der Waals surface area contributed by atoms with Gasteiger partial charge in [0.1, 0.15) is 6.61 Å². The van der Waals surface area contributed by atoms with Gasteiger partial charge in [-0.3, -0.25) is 10.1 Å². The van der Waals surface area contributed by atoms with Gasteiger partial charge >= 0.3 is 12.1 Å². The van der Waals surface area contributed by atoms with E-state index in [4.69, 9.17) is 9.47 Å².